The van der Waals surface area contributed by atoms with Crippen molar-refractivity contribution in [3.63, 3.8) is 0 Å². The van der Waals surface area contributed by atoms with Gasteiger partial charge in [-0.15, -0.1) is 22.7 Å². The highest BCUT2D eigenvalue weighted by atomic mass is 127. The third-order valence-corrected chi connectivity index (χ3v) is 13.8. The van der Waals surface area contributed by atoms with Crippen molar-refractivity contribution in [2.45, 2.75) is 66.5 Å². The predicted molar refractivity (Wildman–Crippen MR) is 238 cm³/mol. The first-order chi connectivity index (χ1) is 27.4. The Kier molecular flexibility index (Phi) is 12.9. The molecule has 0 fully saturated rings. The van der Waals surface area contributed by atoms with E-state index in [2.05, 4.69) is 135 Å². The molecule has 0 radical (unpaired) electrons. The number of hydrogen-bond donors (Lipinski definition) is 0. The maximum Gasteiger partial charge on any atom is 0.269 e. The van der Waals surface area contributed by atoms with Gasteiger partial charge in [0.1, 0.15) is 26.9 Å². The second-order valence-corrected chi connectivity index (χ2v) is 17.1. The second kappa shape index (κ2) is 18.0. The Hall–Kier alpha value is -4.42. The molecule has 1 aliphatic carbocycles. The van der Waals surface area contributed by atoms with Crippen molar-refractivity contribution in [1.29, 1.82) is 0 Å². The Morgan fingerprint density at radius 1 is 0.877 bits per heavy atom. The lowest BCUT2D eigenvalue weighted by molar-refractivity contribution is -0.679. The number of halogens is 1. The number of thiazole rings is 3. The zero-order valence-electron chi connectivity index (χ0n) is 32.9. The summed E-state index contributed by atoms with van der Waals surface area (Å²) in [5.74, 6) is 1.10. The van der Waals surface area contributed by atoms with Crippen molar-refractivity contribution in [3.8, 4) is 21.7 Å². The lowest BCUT2D eigenvalue weighted by atomic mass is 9.92. The van der Waals surface area contributed by atoms with Gasteiger partial charge in [-0.2, -0.15) is 4.57 Å². The monoisotopic (exact) mass is 919 g/mol. The van der Waals surface area contributed by atoms with Crippen LogP contribution in [0.1, 0.15) is 73.2 Å². The third kappa shape index (κ3) is 8.04. The quantitative estimate of drug-likeness (QED) is 0.0722. The molecule has 4 aromatic carbocycles. The Labute approximate surface area is 363 Å². The first-order valence-electron chi connectivity index (χ1n) is 19.5. The molecule has 0 saturated carbocycles. The predicted octanol–water partition coefficient (Wildman–Crippen LogP) is 7.59. The van der Waals surface area contributed by atoms with Gasteiger partial charge >= 0.3 is 0 Å². The van der Waals surface area contributed by atoms with Gasteiger partial charge in [0.05, 0.1) is 27.4 Å². The maximum absolute atomic E-state index is 14.0. The van der Waals surface area contributed by atoms with Crippen LogP contribution in [0.4, 0.5) is 0 Å². The number of aromatic nitrogens is 3. The van der Waals surface area contributed by atoms with E-state index in [1.54, 1.807) is 34.0 Å². The molecule has 290 valence electrons. The number of fused-ring (bicyclic) bond motifs is 2. The molecule has 3 aromatic heterocycles. The zero-order chi connectivity index (χ0) is 38.8. The summed E-state index contributed by atoms with van der Waals surface area (Å²) in [5.41, 5.74) is 11.1. The van der Waals surface area contributed by atoms with E-state index in [1.807, 2.05) is 30.6 Å². The van der Waals surface area contributed by atoms with Crippen LogP contribution >= 0.6 is 34.0 Å². The number of ether oxygens (including phenoxy) is 1. The van der Waals surface area contributed by atoms with Crippen LogP contribution in [-0.2, 0) is 17.8 Å². The molecule has 3 heterocycles. The molecule has 1 atom stereocenters. The van der Waals surface area contributed by atoms with Gasteiger partial charge in [0.25, 0.3) is 10.6 Å². The fraction of sp³-hybridized carbons (Fsp3) is 0.229. The average molecular weight is 920 g/mol. The molecule has 0 bridgehead atoms. The van der Waals surface area contributed by atoms with Gasteiger partial charge in [-0.3, -0.25) is 9.36 Å². The van der Waals surface area contributed by atoms with Crippen LogP contribution < -0.4 is 43.3 Å². The molecule has 57 heavy (non-hydrogen) atoms. The molecule has 1 aliphatic rings. The van der Waals surface area contributed by atoms with Crippen LogP contribution in [0.2, 0.25) is 0 Å². The van der Waals surface area contributed by atoms with Gasteiger partial charge in [-0.25, -0.2) is 4.98 Å². The lowest BCUT2D eigenvalue weighted by Gasteiger charge is -2.14. The Morgan fingerprint density at radius 3 is 2.28 bits per heavy atom. The molecule has 5 nitrogen and oxygen atoms in total. The van der Waals surface area contributed by atoms with E-state index in [0.29, 0.717) is 24.1 Å². The molecule has 8 rings (SSSR count). The van der Waals surface area contributed by atoms with E-state index < -0.39 is 0 Å². The zero-order valence-corrected chi connectivity index (χ0v) is 37.5. The second-order valence-electron chi connectivity index (χ2n) is 13.9. The van der Waals surface area contributed by atoms with Gasteiger partial charge in [0.2, 0.25) is 5.69 Å². The van der Waals surface area contributed by atoms with E-state index in [1.165, 1.54) is 54.2 Å². The van der Waals surface area contributed by atoms with Crippen LogP contribution in [0.5, 0.6) is 0 Å². The highest BCUT2D eigenvalue weighted by Crippen LogP contribution is 2.52. The first-order valence-corrected chi connectivity index (χ1v) is 22.0. The Balaban J connectivity index is 0.00000496. The van der Waals surface area contributed by atoms with Crippen molar-refractivity contribution in [3.05, 3.63) is 161 Å². The standard InChI is InChI=1S/C48H46N3O2S3.HI/c1-6-35-37-28-31(5)24-26-36(37)38(44(35)47-49-39-22-16-17-23-40(39)55-47)29-34(53-9-4)25-27-41-48(52)51(8-3)43(54-41)30-42-50(7-2)45(32-18-12-10-13-19-32)46(56-42)33-20-14-11-15-21-33;/h10-28,30,35H,6-9,29H2,1-5H3;1H/q+1;/p-1. The normalized spacial score (nSPS) is 14.8. The summed E-state index contributed by atoms with van der Waals surface area (Å²) in [6.45, 7) is 12.6. The molecular weight excluding hydrogens is 874 g/mol. The smallest absolute Gasteiger partial charge is 0.269 e. The summed E-state index contributed by atoms with van der Waals surface area (Å²) in [5, 5.41) is 2.19. The summed E-state index contributed by atoms with van der Waals surface area (Å²) in [7, 11) is 0. The van der Waals surface area contributed by atoms with Crippen molar-refractivity contribution in [2.24, 2.45) is 0 Å². The van der Waals surface area contributed by atoms with E-state index in [9.17, 15) is 4.79 Å². The molecular formula is C48H46IN3O2S3. The molecule has 0 aliphatic heterocycles. The van der Waals surface area contributed by atoms with Crippen molar-refractivity contribution < 1.29 is 33.3 Å². The molecule has 0 amide bonds. The van der Waals surface area contributed by atoms with Crippen LogP contribution in [-0.4, -0.2) is 16.2 Å². The molecule has 9 heteroatoms. The fourth-order valence-corrected chi connectivity index (χ4v) is 11.4. The summed E-state index contributed by atoms with van der Waals surface area (Å²) in [6, 6.07) is 36.4. The maximum atomic E-state index is 14.0. The number of benzene rings is 4. The van der Waals surface area contributed by atoms with Gasteiger partial charge in [0.15, 0.2) is 0 Å². The summed E-state index contributed by atoms with van der Waals surface area (Å²) in [4.78, 5) is 20.4. The van der Waals surface area contributed by atoms with Crippen molar-refractivity contribution in [1.82, 2.24) is 9.55 Å². The number of hydrogen-bond acceptors (Lipinski definition) is 6. The summed E-state index contributed by atoms with van der Waals surface area (Å²) >= 11 is 5.09. The van der Waals surface area contributed by atoms with Crippen molar-refractivity contribution in [2.75, 3.05) is 6.61 Å². The third-order valence-electron chi connectivity index (χ3n) is 10.5. The van der Waals surface area contributed by atoms with Gasteiger partial charge in [0, 0.05) is 24.4 Å². The lowest BCUT2D eigenvalue weighted by Crippen LogP contribution is -3.00. The average Bonchev–Trinajstić information content (AvgIpc) is 3.97. The molecule has 7 aromatic rings. The molecule has 1 unspecified atom stereocenters. The highest BCUT2D eigenvalue weighted by molar-refractivity contribution is 7.19. The number of para-hydroxylation sites is 1. The van der Waals surface area contributed by atoms with Gasteiger partial charge in [-0.1, -0.05) is 103 Å². The highest BCUT2D eigenvalue weighted by Gasteiger charge is 2.33. The van der Waals surface area contributed by atoms with E-state index in [0.717, 1.165) is 38.9 Å². The van der Waals surface area contributed by atoms with E-state index in [-0.39, 0.29) is 35.5 Å². The fourth-order valence-electron chi connectivity index (χ4n) is 7.92. The molecule has 0 spiro atoms. The van der Waals surface area contributed by atoms with E-state index in [4.69, 9.17) is 9.72 Å². The van der Waals surface area contributed by atoms with Crippen molar-refractivity contribution >= 4 is 67.5 Å². The minimum absolute atomic E-state index is 0. The summed E-state index contributed by atoms with van der Waals surface area (Å²) in [6.07, 6.45) is 7.79. The first kappa shape index (κ1) is 40.8. The Bertz CT molecular complexity index is 2760. The van der Waals surface area contributed by atoms with Gasteiger partial charge < -0.3 is 28.7 Å². The van der Waals surface area contributed by atoms with Crippen LogP contribution in [0, 0.1) is 6.92 Å². The largest absolute Gasteiger partial charge is 1.00 e. The number of rotatable bonds is 12. The molecule has 0 N–H and O–H groups in total. The molecule has 0 saturated heterocycles. The number of aryl methyl sites for hydroxylation is 1. The van der Waals surface area contributed by atoms with Crippen LogP contribution in [0.25, 0.3) is 55.2 Å². The van der Waals surface area contributed by atoms with E-state index >= 15 is 0 Å². The van der Waals surface area contributed by atoms with Crippen LogP contribution in [0.15, 0.2) is 120 Å². The minimum Gasteiger partial charge on any atom is -1.00 e. The van der Waals surface area contributed by atoms with Gasteiger partial charge in [-0.05, 0) is 98.4 Å². The number of nitrogens with zero attached hydrogens (tertiary/aromatic N) is 3. The minimum atomic E-state index is 0. The SMILES string of the molecule is CCOC(=CC=c1sc(=Cc2sc(-c3ccccc3)c(-c3ccccc3)[n+]2CC)n(CC)c1=O)CC1=C(c2nc3ccccc3s2)C(CC)c2cc(C)ccc21.[I-]. The topological polar surface area (TPSA) is 48.0 Å². The Morgan fingerprint density at radius 2 is 1.60 bits per heavy atom. The van der Waals surface area contributed by atoms with Crippen LogP contribution in [0.3, 0.4) is 0 Å². The summed E-state index contributed by atoms with van der Waals surface area (Å²) < 4.78 is 13.5. The number of allylic oxidation sites excluding steroid dienone is 3.